The minimum absolute atomic E-state index is 0.0900. The fourth-order valence-electron chi connectivity index (χ4n) is 3.49. The Morgan fingerprint density at radius 1 is 1.06 bits per heavy atom. The van der Waals surface area contributed by atoms with E-state index in [1.165, 1.54) is 0 Å². The lowest BCUT2D eigenvalue weighted by molar-refractivity contribution is -0.121. The maximum atomic E-state index is 12.3. The van der Waals surface area contributed by atoms with Gasteiger partial charge in [0.2, 0.25) is 5.91 Å². The van der Waals surface area contributed by atoms with E-state index in [4.69, 9.17) is 13.9 Å². The van der Waals surface area contributed by atoms with E-state index in [1.807, 2.05) is 48.5 Å². The maximum absolute atomic E-state index is 12.3. The molecule has 0 fully saturated rings. The van der Waals surface area contributed by atoms with Gasteiger partial charge in [0.25, 0.3) is 0 Å². The Labute approximate surface area is 190 Å². The molecule has 0 radical (unpaired) electrons. The topological polar surface area (TPSA) is 95.6 Å². The van der Waals surface area contributed by atoms with Gasteiger partial charge in [0, 0.05) is 31.9 Å². The Hall–Kier alpha value is -4.07. The first-order chi connectivity index (χ1) is 16.1. The third kappa shape index (κ3) is 5.60. The molecule has 170 valence electrons. The molecule has 4 rings (SSSR count). The van der Waals surface area contributed by atoms with Crippen molar-refractivity contribution in [2.75, 3.05) is 7.11 Å². The minimum Gasteiger partial charge on any atom is -0.493 e. The van der Waals surface area contributed by atoms with Gasteiger partial charge in [0.1, 0.15) is 6.61 Å². The summed E-state index contributed by atoms with van der Waals surface area (Å²) in [7, 11) is 1.58. The van der Waals surface area contributed by atoms with Crippen LogP contribution in [0.3, 0.4) is 0 Å². The highest BCUT2D eigenvalue weighted by Gasteiger charge is 2.10. The lowest BCUT2D eigenvalue weighted by Gasteiger charge is -2.13. The molecule has 0 aliphatic heterocycles. The number of hydrogen-bond acceptors (Lipinski definition) is 6. The van der Waals surface area contributed by atoms with E-state index >= 15 is 0 Å². The van der Waals surface area contributed by atoms with Gasteiger partial charge in [-0.3, -0.25) is 14.3 Å². The molecule has 8 nitrogen and oxygen atoms in total. The molecule has 8 heteroatoms. The highest BCUT2D eigenvalue weighted by atomic mass is 16.5. The van der Waals surface area contributed by atoms with Crippen molar-refractivity contribution in [3.63, 3.8) is 0 Å². The highest BCUT2D eigenvalue weighted by Crippen LogP contribution is 2.28. The molecule has 1 amide bonds. The van der Waals surface area contributed by atoms with E-state index in [-0.39, 0.29) is 5.91 Å². The molecule has 1 N–H and O–H groups in total. The number of rotatable bonds is 10. The second kappa shape index (κ2) is 10.5. The second-order valence-corrected chi connectivity index (χ2v) is 7.50. The molecule has 33 heavy (non-hydrogen) atoms. The molecule has 0 spiro atoms. The average Bonchev–Trinajstić information content (AvgIpc) is 3.17. The number of benzene rings is 2. The molecular formula is C25H25N3O5. The lowest BCUT2D eigenvalue weighted by Crippen LogP contribution is -2.23. The number of nitrogens with one attached hydrogen (secondary N) is 1. The van der Waals surface area contributed by atoms with Crippen LogP contribution in [0, 0.1) is 0 Å². The molecular weight excluding hydrogens is 422 g/mol. The van der Waals surface area contributed by atoms with Crippen LogP contribution in [0.1, 0.15) is 24.0 Å². The van der Waals surface area contributed by atoms with Crippen LogP contribution in [-0.2, 0) is 24.5 Å². The standard InChI is InChI=1S/C25H25N3O5/c1-31-23-15-19(8-9-22(23)32-17-18-10-12-26-13-11-18)16-27-24(29)7-4-14-28-20-5-2-3-6-21(20)33-25(28)30/h2-3,5-6,8-13,15H,4,7,14,16-17H2,1H3,(H,27,29). The third-order valence-corrected chi connectivity index (χ3v) is 5.22. The van der Waals surface area contributed by atoms with Gasteiger partial charge in [-0.25, -0.2) is 4.79 Å². The summed E-state index contributed by atoms with van der Waals surface area (Å²) in [5, 5.41) is 2.91. The summed E-state index contributed by atoms with van der Waals surface area (Å²) in [6.45, 7) is 1.19. The first-order valence-electron chi connectivity index (χ1n) is 10.7. The number of para-hydroxylation sites is 2. The zero-order valence-corrected chi connectivity index (χ0v) is 18.3. The Morgan fingerprint density at radius 2 is 1.88 bits per heavy atom. The number of oxazole rings is 1. The molecule has 0 aliphatic rings. The summed E-state index contributed by atoms with van der Waals surface area (Å²) in [4.78, 5) is 28.3. The first-order valence-corrected chi connectivity index (χ1v) is 10.7. The number of hydrogen-bond donors (Lipinski definition) is 1. The van der Waals surface area contributed by atoms with Gasteiger partial charge in [0.05, 0.1) is 12.6 Å². The molecule has 0 saturated heterocycles. The van der Waals surface area contributed by atoms with Gasteiger partial charge in [0.15, 0.2) is 17.1 Å². The smallest absolute Gasteiger partial charge is 0.419 e. The number of methoxy groups -OCH3 is 1. The van der Waals surface area contributed by atoms with Gasteiger partial charge in [-0.05, 0) is 53.9 Å². The molecule has 0 unspecified atom stereocenters. The number of nitrogens with zero attached hydrogens (tertiary/aromatic N) is 2. The first kappa shape index (κ1) is 22.1. The number of carbonyl (C=O) groups is 1. The van der Waals surface area contributed by atoms with Crippen LogP contribution in [0.15, 0.2) is 76.2 Å². The molecule has 4 aromatic rings. The number of ether oxygens (including phenoxy) is 2. The van der Waals surface area contributed by atoms with Crippen molar-refractivity contribution < 1.29 is 18.7 Å². The summed E-state index contributed by atoms with van der Waals surface area (Å²) >= 11 is 0. The van der Waals surface area contributed by atoms with Crippen molar-refractivity contribution in [2.45, 2.75) is 32.5 Å². The number of amides is 1. The lowest BCUT2D eigenvalue weighted by atomic mass is 10.2. The number of carbonyl (C=O) groups excluding carboxylic acids is 1. The summed E-state index contributed by atoms with van der Waals surface area (Å²) in [6.07, 6.45) is 4.27. The molecule has 0 bridgehead atoms. The second-order valence-electron chi connectivity index (χ2n) is 7.50. The fraction of sp³-hybridized carbons (Fsp3) is 0.240. The number of fused-ring (bicyclic) bond motifs is 1. The van der Waals surface area contributed by atoms with Crippen molar-refractivity contribution in [1.29, 1.82) is 0 Å². The SMILES string of the molecule is COc1cc(CNC(=O)CCCn2c(=O)oc3ccccc32)ccc1OCc1ccncc1. The number of aromatic nitrogens is 2. The molecule has 2 aromatic heterocycles. The predicted molar refractivity (Wildman–Crippen MR) is 123 cm³/mol. The zero-order chi connectivity index (χ0) is 23.0. The van der Waals surface area contributed by atoms with Crippen molar-refractivity contribution in [2.24, 2.45) is 0 Å². The van der Waals surface area contributed by atoms with Crippen LogP contribution >= 0.6 is 0 Å². The van der Waals surface area contributed by atoms with E-state index in [0.717, 1.165) is 16.6 Å². The van der Waals surface area contributed by atoms with Crippen LogP contribution < -0.4 is 20.5 Å². The van der Waals surface area contributed by atoms with E-state index in [2.05, 4.69) is 10.3 Å². The average molecular weight is 447 g/mol. The summed E-state index contributed by atoms with van der Waals surface area (Å²) in [5.41, 5.74) is 3.19. The van der Waals surface area contributed by atoms with Crippen molar-refractivity contribution in [1.82, 2.24) is 14.9 Å². The fourth-order valence-corrected chi connectivity index (χ4v) is 3.49. The normalized spacial score (nSPS) is 10.8. The largest absolute Gasteiger partial charge is 0.493 e. The van der Waals surface area contributed by atoms with E-state index in [0.29, 0.717) is 49.6 Å². The predicted octanol–water partition coefficient (Wildman–Crippen LogP) is 3.67. The molecule has 0 saturated carbocycles. The highest BCUT2D eigenvalue weighted by molar-refractivity contribution is 5.76. The van der Waals surface area contributed by atoms with E-state index in [1.54, 1.807) is 30.1 Å². The van der Waals surface area contributed by atoms with Gasteiger partial charge >= 0.3 is 5.76 Å². The van der Waals surface area contributed by atoms with Crippen LogP contribution in [0.25, 0.3) is 11.1 Å². The summed E-state index contributed by atoms with van der Waals surface area (Å²) in [6, 6.07) is 16.6. The Morgan fingerprint density at radius 3 is 2.70 bits per heavy atom. The quantitative estimate of drug-likeness (QED) is 0.399. The van der Waals surface area contributed by atoms with Crippen molar-refractivity contribution in [3.05, 3.63) is 88.7 Å². The van der Waals surface area contributed by atoms with Gasteiger partial charge < -0.3 is 19.2 Å². The Balaban J connectivity index is 1.27. The molecule has 0 atom stereocenters. The summed E-state index contributed by atoms with van der Waals surface area (Å²) < 4.78 is 18.1. The van der Waals surface area contributed by atoms with Gasteiger partial charge in [-0.2, -0.15) is 0 Å². The van der Waals surface area contributed by atoms with Crippen LogP contribution in [0.5, 0.6) is 11.5 Å². The third-order valence-electron chi connectivity index (χ3n) is 5.22. The van der Waals surface area contributed by atoms with Crippen LogP contribution in [-0.4, -0.2) is 22.6 Å². The molecule has 0 aliphatic carbocycles. The van der Waals surface area contributed by atoms with Crippen LogP contribution in [0.2, 0.25) is 0 Å². The summed E-state index contributed by atoms with van der Waals surface area (Å²) in [5.74, 6) is 0.729. The van der Waals surface area contributed by atoms with Gasteiger partial charge in [-0.15, -0.1) is 0 Å². The Kier molecular flexibility index (Phi) is 7.04. The van der Waals surface area contributed by atoms with E-state index < -0.39 is 5.76 Å². The van der Waals surface area contributed by atoms with Crippen LogP contribution in [0.4, 0.5) is 0 Å². The van der Waals surface area contributed by atoms with Crippen molar-refractivity contribution in [3.8, 4) is 11.5 Å². The van der Waals surface area contributed by atoms with E-state index in [9.17, 15) is 9.59 Å². The van der Waals surface area contributed by atoms with Gasteiger partial charge in [-0.1, -0.05) is 18.2 Å². The molecule has 2 aromatic carbocycles. The number of aryl methyl sites for hydroxylation is 1. The number of pyridine rings is 1. The zero-order valence-electron chi connectivity index (χ0n) is 18.3. The Bertz CT molecular complexity index is 1280. The van der Waals surface area contributed by atoms with Crippen molar-refractivity contribution >= 4 is 17.0 Å². The minimum atomic E-state index is -0.407. The molecule has 2 heterocycles. The maximum Gasteiger partial charge on any atom is 0.419 e. The monoisotopic (exact) mass is 447 g/mol.